The van der Waals surface area contributed by atoms with Crippen molar-refractivity contribution in [2.75, 3.05) is 16.4 Å². The highest BCUT2D eigenvalue weighted by Gasteiger charge is 2.54. The molecule has 1 aromatic carbocycles. The van der Waals surface area contributed by atoms with Gasteiger partial charge in [0.25, 0.3) is 5.91 Å². The molecule has 0 radical (unpaired) electrons. The molecule has 21 heavy (non-hydrogen) atoms. The van der Waals surface area contributed by atoms with Crippen LogP contribution in [0, 0.1) is 0 Å². The summed E-state index contributed by atoms with van der Waals surface area (Å²) in [5.74, 6) is -1.31. The largest absolute Gasteiger partial charge is 0.415 e. The van der Waals surface area contributed by atoms with Crippen LogP contribution in [-0.4, -0.2) is 29.3 Å². The van der Waals surface area contributed by atoms with Gasteiger partial charge in [-0.3, -0.25) is 9.59 Å². The van der Waals surface area contributed by atoms with Gasteiger partial charge in [0.05, 0.1) is 11.4 Å². The number of nitrogens with two attached hydrogens (primary N) is 1. The van der Waals surface area contributed by atoms with E-state index in [9.17, 15) is 22.8 Å². The average Bonchev–Trinajstić information content (AvgIpc) is 2.36. The SMILES string of the molecule is CC(N)(C(=O)Nc1ccc2c(c1)NC(=O)CS2)C(F)(F)F. The Morgan fingerprint density at radius 3 is 2.71 bits per heavy atom. The van der Waals surface area contributed by atoms with Gasteiger partial charge in [-0.2, -0.15) is 13.2 Å². The smallest absolute Gasteiger partial charge is 0.324 e. The average molecular weight is 319 g/mol. The molecule has 114 valence electrons. The number of nitrogens with one attached hydrogen (secondary N) is 2. The Bertz CT molecular complexity index is 602. The fourth-order valence-corrected chi connectivity index (χ4v) is 2.34. The van der Waals surface area contributed by atoms with E-state index in [-0.39, 0.29) is 17.3 Å². The van der Waals surface area contributed by atoms with Crippen molar-refractivity contribution >= 4 is 35.0 Å². The van der Waals surface area contributed by atoms with E-state index in [1.807, 2.05) is 0 Å². The summed E-state index contributed by atoms with van der Waals surface area (Å²) >= 11 is 1.30. The molecule has 1 aromatic rings. The number of benzene rings is 1. The lowest BCUT2D eigenvalue weighted by atomic mass is 10.0. The molecular formula is C12H12F3N3O2S. The number of thioether (sulfide) groups is 1. The maximum absolute atomic E-state index is 12.7. The van der Waals surface area contributed by atoms with Crippen LogP contribution in [0.1, 0.15) is 6.92 Å². The van der Waals surface area contributed by atoms with Gasteiger partial charge in [0, 0.05) is 10.6 Å². The first kappa shape index (κ1) is 15.6. The zero-order valence-corrected chi connectivity index (χ0v) is 11.7. The van der Waals surface area contributed by atoms with E-state index in [0.717, 1.165) is 4.90 Å². The fourth-order valence-electron chi connectivity index (χ4n) is 1.55. The maximum Gasteiger partial charge on any atom is 0.415 e. The molecule has 0 saturated heterocycles. The molecule has 1 heterocycles. The minimum Gasteiger partial charge on any atom is -0.324 e. The molecule has 0 aliphatic carbocycles. The van der Waals surface area contributed by atoms with Gasteiger partial charge in [0.1, 0.15) is 0 Å². The van der Waals surface area contributed by atoms with Gasteiger partial charge in [-0.15, -0.1) is 11.8 Å². The van der Waals surface area contributed by atoms with Gasteiger partial charge in [0.2, 0.25) is 5.91 Å². The van der Waals surface area contributed by atoms with Crippen molar-refractivity contribution < 1.29 is 22.8 Å². The van der Waals surface area contributed by atoms with Crippen LogP contribution in [0.25, 0.3) is 0 Å². The molecule has 9 heteroatoms. The Hall–Kier alpha value is -1.74. The Labute approximate surface area is 122 Å². The van der Waals surface area contributed by atoms with Crippen molar-refractivity contribution in [2.45, 2.75) is 23.5 Å². The summed E-state index contributed by atoms with van der Waals surface area (Å²) in [4.78, 5) is 23.7. The molecule has 2 amide bonds. The molecule has 5 nitrogen and oxygen atoms in total. The number of fused-ring (bicyclic) bond motifs is 1. The van der Waals surface area contributed by atoms with Crippen LogP contribution in [0.3, 0.4) is 0 Å². The van der Waals surface area contributed by atoms with Crippen LogP contribution in [-0.2, 0) is 9.59 Å². The predicted octanol–water partition coefficient (Wildman–Crippen LogP) is 1.95. The summed E-state index contributed by atoms with van der Waals surface area (Å²) in [5, 5.41) is 4.69. The third-order valence-electron chi connectivity index (χ3n) is 2.93. The second-order valence-electron chi connectivity index (χ2n) is 4.70. The molecule has 0 spiro atoms. The van der Waals surface area contributed by atoms with Crippen molar-refractivity contribution in [2.24, 2.45) is 5.73 Å². The molecule has 4 N–H and O–H groups in total. The minimum absolute atomic E-state index is 0.127. The highest BCUT2D eigenvalue weighted by molar-refractivity contribution is 8.00. The molecular weight excluding hydrogens is 307 g/mol. The maximum atomic E-state index is 12.7. The van der Waals surface area contributed by atoms with Crippen molar-refractivity contribution in [1.82, 2.24) is 0 Å². The van der Waals surface area contributed by atoms with E-state index in [1.165, 1.54) is 23.9 Å². The first-order valence-electron chi connectivity index (χ1n) is 5.85. The normalized spacial score (nSPS) is 17.5. The van der Waals surface area contributed by atoms with Gasteiger partial charge in [-0.1, -0.05) is 0 Å². The molecule has 2 rings (SSSR count). The van der Waals surface area contributed by atoms with Crippen LogP contribution in [0.4, 0.5) is 24.5 Å². The third-order valence-corrected chi connectivity index (χ3v) is 4.00. The number of rotatable bonds is 2. The number of anilines is 2. The monoisotopic (exact) mass is 319 g/mol. The van der Waals surface area contributed by atoms with E-state index in [2.05, 4.69) is 10.6 Å². The number of hydrogen-bond acceptors (Lipinski definition) is 4. The molecule has 0 fully saturated rings. The molecule has 0 bridgehead atoms. The lowest BCUT2D eigenvalue weighted by Gasteiger charge is -2.26. The van der Waals surface area contributed by atoms with Crippen molar-refractivity contribution in [3.63, 3.8) is 0 Å². The van der Waals surface area contributed by atoms with Crippen molar-refractivity contribution in [3.8, 4) is 0 Å². The van der Waals surface area contributed by atoms with Crippen molar-refractivity contribution in [1.29, 1.82) is 0 Å². The zero-order valence-electron chi connectivity index (χ0n) is 10.9. The van der Waals surface area contributed by atoms with Crippen LogP contribution >= 0.6 is 11.8 Å². The molecule has 0 aromatic heterocycles. The third kappa shape index (κ3) is 3.13. The van der Waals surface area contributed by atoms with E-state index in [4.69, 9.17) is 5.73 Å². The Morgan fingerprint density at radius 2 is 2.10 bits per heavy atom. The Morgan fingerprint density at radius 1 is 1.43 bits per heavy atom. The van der Waals surface area contributed by atoms with Gasteiger partial charge >= 0.3 is 6.18 Å². The molecule has 1 aliphatic heterocycles. The van der Waals surface area contributed by atoms with E-state index >= 15 is 0 Å². The number of halogens is 3. The first-order valence-corrected chi connectivity index (χ1v) is 6.83. The summed E-state index contributed by atoms with van der Waals surface area (Å²) in [6.07, 6.45) is -4.87. The number of alkyl halides is 3. The number of hydrogen-bond donors (Lipinski definition) is 3. The Balaban J connectivity index is 2.19. The van der Waals surface area contributed by atoms with Crippen LogP contribution in [0.15, 0.2) is 23.1 Å². The molecule has 0 saturated carbocycles. The molecule has 1 aliphatic rings. The molecule has 1 unspecified atom stereocenters. The van der Waals surface area contributed by atoms with E-state index < -0.39 is 17.6 Å². The second kappa shape index (κ2) is 5.23. The predicted molar refractivity (Wildman–Crippen MR) is 73.1 cm³/mol. The van der Waals surface area contributed by atoms with Crippen molar-refractivity contribution in [3.05, 3.63) is 18.2 Å². The number of carbonyl (C=O) groups is 2. The second-order valence-corrected chi connectivity index (χ2v) is 5.72. The van der Waals surface area contributed by atoms with Gasteiger partial charge in [-0.05, 0) is 25.1 Å². The number of carbonyl (C=O) groups excluding carboxylic acids is 2. The lowest BCUT2D eigenvalue weighted by molar-refractivity contribution is -0.184. The van der Waals surface area contributed by atoms with E-state index in [0.29, 0.717) is 12.6 Å². The summed E-state index contributed by atoms with van der Waals surface area (Å²) in [6.45, 7) is 0.596. The lowest BCUT2D eigenvalue weighted by Crippen LogP contribution is -2.59. The van der Waals surface area contributed by atoms with Crippen LogP contribution < -0.4 is 16.4 Å². The highest BCUT2D eigenvalue weighted by Crippen LogP contribution is 2.34. The summed E-state index contributed by atoms with van der Waals surface area (Å²) in [5.41, 5.74) is 2.61. The van der Waals surface area contributed by atoms with Crippen LogP contribution in [0.5, 0.6) is 0 Å². The van der Waals surface area contributed by atoms with Gasteiger partial charge in [-0.25, -0.2) is 0 Å². The zero-order chi connectivity index (χ0) is 15.8. The van der Waals surface area contributed by atoms with Gasteiger partial charge in [0.15, 0.2) is 5.54 Å². The van der Waals surface area contributed by atoms with Gasteiger partial charge < -0.3 is 16.4 Å². The quantitative estimate of drug-likeness (QED) is 0.778. The summed E-state index contributed by atoms with van der Waals surface area (Å²) in [7, 11) is 0. The van der Waals surface area contributed by atoms with Crippen LogP contribution in [0.2, 0.25) is 0 Å². The number of amides is 2. The summed E-state index contributed by atoms with van der Waals surface area (Å²) in [6, 6.07) is 4.45. The topological polar surface area (TPSA) is 84.2 Å². The molecule has 1 atom stereocenters. The highest BCUT2D eigenvalue weighted by atomic mass is 32.2. The minimum atomic E-state index is -4.87. The standard InChI is InChI=1S/C12H12F3N3O2S/c1-11(16,12(13,14)15)10(20)17-6-2-3-8-7(4-6)18-9(19)5-21-8/h2-4H,5,16H2,1H3,(H,17,20)(H,18,19). The summed E-state index contributed by atoms with van der Waals surface area (Å²) < 4.78 is 38.0. The Kier molecular flexibility index (Phi) is 3.89. The first-order chi connectivity index (χ1) is 9.61. The fraction of sp³-hybridized carbons (Fsp3) is 0.333. The van der Waals surface area contributed by atoms with E-state index in [1.54, 1.807) is 6.07 Å².